The van der Waals surface area contributed by atoms with E-state index >= 15 is 0 Å². The van der Waals surface area contributed by atoms with Crippen molar-refractivity contribution in [3.05, 3.63) is 0 Å². The highest BCUT2D eigenvalue weighted by atomic mass is 16.5. The van der Waals surface area contributed by atoms with Crippen LogP contribution in [0.4, 0.5) is 0 Å². The second-order valence-electron chi connectivity index (χ2n) is 7.40. The summed E-state index contributed by atoms with van der Waals surface area (Å²) in [6, 6.07) is 0.658. The van der Waals surface area contributed by atoms with Gasteiger partial charge in [0, 0.05) is 19.1 Å². The van der Waals surface area contributed by atoms with Crippen LogP contribution < -0.4 is 5.32 Å². The summed E-state index contributed by atoms with van der Waals surface area (Å²) < 4.78 is 5.94. The first-order valence-corrected chi connectivity index (χ1v) is 8.24. The molecule has 1 aliphatic carbocycles. The number of ether oxygens (including phenoxy) is 1. The Morgan fingerprint density at radius 3 is 2.45 bits per heavy atom. The third-order valence-electron chi connectivity index (χ3n) is 4.26. The average Bonchev–Trinajstić information content (AvgIpc) is 2.31. The van der Waals surface area contributed by atoms with Crippen LogP contribution in [0.25, 0.3) is 0 Å². The number of hydrogen-bond donors (Lipinski definition) is 2. The molecule has 2 fully saturated rings. The Morgan fingerprint density at radius 2 is 1.85 bits per heavy atom. The van der Waals surface area contributed by atoms with E-state index in [2.05, 4.69) is 31.0 Å². The molecular weight excluding hydrogens is 252 g/mol. The number of nitrogens with one attached hydrogen (secondary N) is 1. The molecule has 0 unspecified atom stereocenters. The number of hydrogen-bond acceptors (Lipinski definition) is 4. The van der Waals surface area contributed by atoms with Crippen LogP contribution in [-0.2, 0) is 4.74 Å². The Labute approximate surface area is 123 Å². The smallest absolute Gasteiger partial charge is 0.0612 e. The van der Waals surface area contributed by atoms with Crippen LogP contribution in [0.3, 0.4) is 0 Å². The molecule has 4 heteroatoms. The lowest BCUT2D eigenvalue weighted by Gasteiger charge is -2.40. The standard InChI is InChI=1S/C16H32N2O2/c1-16(2,3)20-15-11-13(12-15)17-7-4-8-18-9-5-14(19)6-10-18/h13-15,17,19H,4-12H2,1-3H3. The zero-order valence-corrected chi connectivity index (χ0v) is 13.4. The minimum Gasteiger partial charge on any atom is -0.393 e. The van der Waals surface area contributed by atoms with Gasteiger partial charge in [0.25, 0.3) is 0 Å². The van der Waals surface area contributed by atoms with Crippen LogP contribution >= 0.6 is 0 Å². The predicted molar refractivity (Wildman–Crippen MR) is 81.9 cm³/mol. The Balaban J connectivity index is 1.45. The molecule has 2 aliphatic rings. The molecule has 0 aromatic heterocycles. The van der Waals surface area contributed by atoms with E-state index in [1.54, 1.807) is 0 Å². The second kappa shape index (κ2) is 7.21. The summed E-state index contributed by atoms with van der Waals surface area (Å²) in [7, 11) is 0. The fourth-order valence-corrected chi connectivity index (χ4v) is 3.08. The maximum absolute atomic E-state index is 9.47. The van der Waals surface area contributed by atoms with Gasteiger partial charge in [0.05, 0.1) is 17.8 Å². The number of aliphatic hydroxyl groups excluding tert-OH is 1. The first-order chi connectivity index (χ1) is 9.42. The quantitative estimate of drug-likeness (QED) is 0.730. The molecule has 1 saturated heterocycles. The molecule has 118 valence electrons. The second-order valence-corrected chi connectivity index (χ2v) is 7.40. The van der Waals surface area contributed by atoms with Gasteiger partial charge in [-0.15, -0.1) is 0 Å². The van der Waals surface area contributed by atoms with Crippen LogP contribution in [0.5, 0.6) is 0 Å². The number of nitrogens with zero attached hydrogens (tertiary/aromatic N) is 1. The van der Waals surface area contributed by atoms with E-state index in [-0.39, 0.29) is 11.7 Å². The van der Waals surface area contributed by atoms with Crippen molar-refractivity contribution in [2.24, 2.45) is 0 Å². The number of rotatable bonds is 6. The Hall–Kier alpha value is -0.160. The highest BCUT2D eigenvalue weighted by Gasteiger charge is 2.32. The molecule has 0 aromatic rings. The zero-order chi connectivity index (χ0) is 14.6. The highest BCUT2D eigenvalue weighted by Crippen LogP contribution is 2.27. The van der Waals surface area contributed by atoms with Crippen LogP contribution in [0.1, 0.15) is 52.9 Å². The summed E-state index contributed by atoms with van der Waals surface area (Å²) >= 11 is 0. The third kappa shape index (κ3) is 5.68. The van der Waals surface area contributed by atoms with Gasteiger partial charge in [-0.05, 0) is 66.0 Å². The van der Waals surface area contributed by atoms with Crippen LogP contribution in [0.2, 0.25) is 0 Å². The molecule has 1 aliphatic heterocycles. The minimum atomic E-state index is -0.0564. The van der Waals surface area contributed by atoms with Gasteiger partial charge in [-0.25, -0.2) is 0 Å². The molecular formula is C16H32N2O2. The van der Waals surface area contributed by atoms with Gasteiger partial charge in [-0.3, -0.25) is 0 Å². The van der Waals surface area contributed by atoms with E-state index < -0.39 is 0 Å². The maximum atomic E-state index is 9.47. The van der Waals surface area contributed by atoms with Crippen molar-refractivity contribution in [3.8, 4) is 0 Å². The van der Waals surface area contributed by atoms with E-state index in [4.69, 9.17) is 4.74 Å². The van der Waals surface area contributed by atoms with Gasteiger partial charge in [0.1, 0.15) is 0 Å². The van der Waals surface area contributed by atoms with Crippen LogP contribution in [-0.4, -0.2) is 60.0 Å². The Bertz CT molecular complexity index is 277. The van der Waals surface area contributed by atoms with E-state index in [1.165, 1.54) is 6.42 Å². The van der Waals surface area contributed by atoms with Gasteiger partial charge in [-0.1, -0.05) is 0 Å². The zero-order valence-electron chi connectivity index (χ0n) is 13.4. The Kier molecular flexibility index (Phi) is 5.84. The lowest BCUT2D eigenvalue weighted by molar-refractivity contribution is -0.102. The topological polar surface area (TPSA) is 44.7 Å². The first kappa shape index (κ1) is 16.2. The molecule has 4 nitrogen and oxygen atoms in total. The molecule has 0 atom stereocenters. The summed E-state index contributed by atoms with van der Waals surface area (Å²) in [6.07, 6.45) is 5.82. The number of likely N-dealkylation sites (tertiary alicyclic amines) is 1. The molecule has 0 radical (unpaired) electrons. The predicted octanol–water partition coefficient (Wildman–Crippen LogP) is 1.77. The van der Waals surface area contributed by atoms with Gasteiger partial charge >= 0.3 is 0 Å². The third-order valence-corrected chi connectivity index (χ3v) is 4.26. The number of aliphatic hydroxyl groups is 1. The summed E-state index contributed by atoms with van der Waals surface area (Å²) in [5.41, 5.74) is -0.00549. The molecule has 0 amide bonds. The highest BCUT2D eigenvalue weighted by molar-refractivity contribution is 4.87. The monoisotopic (exact) mass is 284 g/mol. The van der Waals surface area contributed by atoms with Gasteiger partial charge in [0.15, 0.2) is 0 Å². The largest absolute Gasteiger partial charge is 0.393 e. The molecule has 2 rings (SSSR count). The van der Waals surface area contributed by atoms with Crippen LogP contribution in [0.15, 0.2) is 0 Å². The van der Waals surface area contributed by atoms with Gasteiger partial charge < -0.3 is 20.1 Å². The van der Waals surface area contributed by atoms with Crippen molar-refractivity contribution < 1.29 is 9.84 Å². The van der Waals surface area contributed by atoms with E-state index in [9.17, 15) is 5.11 Å². The number of piperidine rings is 1. The lowest BCUT2D eigenvalue weighted by atomic mass is 9.88. The first-order valence-electron chi connectivity index (χ1n) is 8.24. The van der Waals surface area contributed by atoms with Crippen molar-refractivity contribution in [2.45, 2.75) is 76.7 Å². The maximum Gasteiger partial charge on any atom is 0.0612 e. The summed E-state index contributed by atoms with van der Waals surface area (Å²) in [4.78, 5) is 2.47. The summed E-state index contributed by atoms with van der Waals surface area (Å²) in [6.45, 7) is 10.8. The summed E-state index contributed by atoms with van der Waals surface area (Å²) in [5.74, 6) is 0. The molecule has 1 heterocycles. The molecule has 1 saturated carbocycles. The molecule has 2 N–H and O–H groups in total. The molecule has 0 aromatic carbocycles. The van der Waals surface area contributed by atoms with Crippen molar-refractivity contribution in [3.63, 3.8) is 0 Å². The van der Waals surface area contributed by atoms with Crippen molar-refractivity contribution in [1.82, 2.24) is 10.2 Å². The van der Waals surface area contributed by atoms with E-state index in [0.717, 1.165) is 51.9 Å². The fourth-order valence-electron chi connectivity index (χ4n) is 3.08. The van der Waals surface area contributed by atoms with Crippen LogP contribution in [0, 0.1) is 0 Å². The Morgan fingerprint density at radius 1 is 1.20 bits per heavy atom. The molecule has 0 spiro atoms. The van der Waals surface area contributed by atoms with E-state index in [1.807, 2.05) is 0 Å². The summed E-state index contributed by atoms with van der Waals surface area (Å²) in [5, 5.41) is 13.1. The lowest BCUT2D eigenvalue weighted by Crippen LogP contribution is -2.48. The van der Waals surface area contributed by atoms with Crippen molar-refractivity contribution in [1.29, 1.82) is 0 Å². The minimum absolute atomic E-state index is 0.00549. The normalized spacial score (nSPS) is 29.4. The van der Waals surface area contributed by atoms with E-state index in [0.29, 0.717) is 12.1 Å². The molecule has 0 bridgehead atoms. The van der Waals surface area contributed by atoms with Gasteiger partial charge in [0.2, 0.25) is 0 Å². The van der Waals surface area contributed by atoms with Crippen molar-refractivity contribution >= 4 is 0 Å². The SMILES string of the molecule is CC(C)(C)OC1CC(NCCCN2CCC(O)CC2)C1. The fraction of sp³-hybridized carbons (Fsp3) is 1.00. The molecule has 20 heavy (non-hydrogen) atoms. The van der Waals surface area contributed by atoms with Gasteiger partial charge in [-0.2, -0.15) is 0 Å². The average molecular weight is 284 g/mol. The van der Waals surface area contributed by atoms with Crippen molar-refractivity contribution in [2.75, 3.05) is 26.2 Å².